The van der Waals surface area contributed by atoms with Gasteiger partial charge < -0.3 is 4.42 Å². The van der Waals surface area contributed by atoms with Crippen LogP contribution in [0.1, 0.15) is 0 Å². The Morgan fingerprint density at radius 3 is 1.48 bits per heavy atom. The van der Waals surface area contributed by atoms with E-state index in [4.69, 9.17) is 34.3 Å². The predicted octanol–water partition coefficient (Wildman–Crippen LogP) is 12.3. The topological polar surface area (TPSA) is 90.5 Å². The van der Waals surface area contributed by atoms with Gasteiger partial charge in [0.2, 0.25) is 0 Å². The Kier molecular flexibility index (Phi) is 7.53. The SMILES string of the molecule is c1ccc(-c2nc(-c3ccc4oc5cccc(-c6nc(-c7ccccc7)nc(-c7ccccc7)n6)c5c4c3)nc(-c3cccc4c3sc3ccccc34)n2)cc1. The van der Waals surface area contributed by atoms with Crippen molar-refractivity contribution in [3.8, 4) is 68.3 Å². The average Bonchev–Trinajstić information content (AvgIpc) is 3.85. The third-order valence-corrected chi connectivity index (χ3v) is 11.2. The van der Waals surface area contributed by atoms with E-state index in [1.807, 2.05) is 121 Å². The van der Waals surface area contributed by atoms with Crippen molar-refractivity contribution in [2.45, 2.75) is 0 Å². The molecule has 7 nitrogen and oxygen atoms in total. The van der Waals surface area contributed by atoms with E-state index >= 15 is 0 Å². The van der Waals surface area contributed by atoms with E-state index in [0.717, 1.165) is 60.0 Å². The molecule has 262 valence electrons. The van der Waals surface area contributed by atoms with Crippen molar-refractivity contribution in [2.75, 3.05) is 0 Å². The fourth-order valence-electron chi connectivity index (χ4n) is 7.35. The summed E-state index contributed by atoms with van der Waals surface area (Å²) >= 11 is 1.76. The molecule has 56 heavy (non-hydrogen) atoms. The number of hydrogen-bond acceptors (Lipinski definition) is 8. The van der Waals surface area contributed by atoms with E-state index in [2.05, 4.69) is 48.5 Å². The lowest BCUT2D eigenvalue weighted by atomic mass is 10.0. The summed E-state index contributed by atoms with van der Waals surface area (Å²) in [5, 5.41) is 4.23. The molecule has 0 unspecified atom stereocenters. The summed E-state index contributed by atoms with van der Waals surface area (Å²) in [6, 6.07) is 57.1. The molecule has 0 aliphatic heterocycles. The molecular formula is C48H28N6OS. The van der Waals surface area contributed by atoms with E-state index in [1.165, 1.54) is 15.5 Å². The van der Waals surface area contributed by atoms with Crippen LogP contribution in [0.4, 0.5) is 0 Å². The lowest BCUT2D eigenvalue weighted by molar-refractivity contribution is 0.669. The second-order valence-electron chi connectivity index (χ2n) is 13.5. The van der Waals surface area contributed by atoms with Crippen LogP contribution in [0.2, 0.25) is 0 Å². The Morgan fingerprint density at radius 1 is 0.339 bits per heavy atom. The first-order valence-corrected chi connectivity index (χ1v) is 19.1. The molecule has 0 N–H and O–H groups in total. The Morgan fingerprint density at radius 2 is 0.839 bits per heavy atom. The van der Waals surface area contributed by atoms with Crippen LogP contribution in [0.3, 0.4) is 0 Å². The van der Waals surface area contributed by atoms with E-state index in [1.54, 1.807) is 11.3 Å². The van der Waals surface area contributed by atoms with Gasteiger partial charge in [0.1, 0.15) is 11.2 Å². The molecule has 0 radical (unpaired) electrons. The third-order valence-electron chi connectivity index (χ3n) is 10.0. The van der Waals surface area contributed by atoms with Gasteiger partial charge in [-0.2, -0.15) is 0 Å². The van der Waals surface area contributed by atoms with Crippen molar-refractivity contribution in [1.82, 2.24) is 29.9 Å². The van der Waals surface area contributed by atoms with Crippen LogP contribution in [-0.4, -0.2) is 29.9 Å². The van der Waals surface area contributed by atoms with Gasteiger partial charge >= 0.3 is 0 Å². The molecule has 0 saturated heterocycles. The molecule has 0 fully saturated rings. The van der Waals surface area contributed by atoms with Crippen molar-refractivity contribution in [2.24, 2.45) is 0 Å². The van der Waals surface area contributed by atoms with Crippen molar-refractivity contribution < 1.29 is 4.42 Å². The van der Waals surface area contributed by atoms with Crippen LogP contribution in [0, 0.1) is 0 Å². The number of fused-ring (bicyclic) bond motifs is 6. The highest BCUT2D eigenvalue weighted by atomic mass is 32.1. The van der Waals surface area contributed by atoms with Crippen LogP contribution in [0.15, 0.2) is 174 Å². The number of hydrogen-bond donors (Lipinski definition) is 0. The van der Waals surface area contributed by atoms with Crippen molar-refractivity contribution in [1.29, 1.82) is 0 Å². The Labute approximate surface area is 324 Å². The molecular weight excluding hydrogens is 709 g/mol. The zero-order chi connectivity index (χ0) is 37.0. The highest BCUT2D eigenvalue weighted by Gasteiger charge is 2.20. The summed E-state index contributed by atoms with van der Waals surface area (Å²) in [7, 11) is 0. The smallest absolute Gasteiger partial charge is 0.165 e. The van der Waals surface area contributed by atoms with Gasteiger partial charge in [0.25, 0.3) is 0 Å². The number of nitrogens with zero attached hydrogens (tertiary/aromatic N) is 6. The van der Waals surface area contributed by atoms with Crippen molar-refractivity contribution in [3.63, 3.8) is 0 Å². The number of rotatable bonds is 6. The summed E-state index contributed by atoms with van der Waals surface area (Å²) in [5.74, 6) is 3.55. The predicted molar refractivity (Wildman–Crippen MR) is 226 cm³/mol. The molecule has 11 aromatic rings. The second kappa shape index (κ2) is 13.2. The van der Waals surface area contributed by atoms with Gasteiger partial charge in [-0.05, 0) is 36.4 Å². The lowest BCUT2D eigenvalue weighted by Gasteiger charge is -2.10. The van der Waals surface area contributed by atoms with E-state index in [9.17, 15) is 0 Å². The van der Waals surface area contributed by atoms with Crippen molar-refractivity contribution >= 4 is 53.4 Å². The number of aromatic nitrogens is 6. The Hall–Kier alpha value is -7.42. The molecule has 0 saturated carbocycles. The van der Waals surface area contributed by atoms with Crippen LogP contribution in [-0.2, 0) is 0 Å². The standard InChI is InChI=1S/C48H28N6OS/c1-4-14-29(15-5-1)43-49-44(30-16-6-2-7-17-30)52-47(51-43)35-22-13-24-39-41(35)37-28-32(26-27-38(37)55-39)46-50-45(31-18-8-3-9-19-31)53-48(54-46)36-23-12-21-34-33-20-10-11-25-40(33)56-42(34)36/h1-28H. The minimum absolute atomic E-state index is 0.557. The number of benzene rings is 7. The van der Waals surface area contributed by atoms with Crippen LogP contribution in [0.25, 0.3) is 110 Å². The molecule has 11 rings (SSSR count). The molecule has 0 aliphatic rings. The molecule has 8 heteroatoms. The van der Waals surface area contributed by atoms with Crippen LogP contribution in [0.5, 0.6) is 0 Å². The second-order valence-corrected chi connectivity index (χ2v) is 14.5. The lowest BCUT2D eigenvalue weighted by Crippen LogP contribution is -2.00. The molecule has 7 aromatic carbocycles. The van der Waals surface area contributed by atoms with Gasteiger partial charge in [-0.1, -0.05) is 133 Å². The minimum Gasteiger partial charge on any atom is -0.456 e. The third kappa shape index (κ3) is 5.51. The zero-order valence-corrected chi connectivity index (χ0v) is 30.5. The van der Waals surface area contributed by atoms with Gasteiger partial charge in [0, 0.05) is 64.3 Å². The number of furan rings is 1. The Bertz CT molecular complexity index is 3200. The van der Waals surface area contributed by atoms with E-state index in [-0.39, 0.29) is 0 Å². The molecule has 0 aliphatic carbocycles. The average molecular weight is 737 g/mol. The Balaban J connectivity index is 1.12. The van der Waals surface area contributed by atoms with Gasteiger partial charge in [-0.3, -0.25) is 0 Å². The monoisotopic (exact) mass is 736 g/mol. The largest absolute Gasteiger partial charge is 0.456 e. The summed E-state index contributed by atoms with van der Waals surface area (Å²) in [6.45, 7) is 0. The van der Waals surface area contributed by atoms with Crippen LogP contribution >= 0.6 is 11.3 Å². The van der Waals surface area contributed by atoms with Crippen LogP contribution < -0.4 is 0 Å². The molecule has 4 heterocycles. The molecule has 0 atom stereocenters. The first-order valence-electron chi connectivity index (χ1n) is 18.3. The quantitative estimate of drug-likeness (QED) is 0.168. The van der Waals surface area contributed by atoms with Gasteiger partial charge in [-0.15, -0.1) is 11.3 Å². The van der Waals surface area contributed by atoms with Gasteiger partial charge in [0.15, 0.2) is 34.9 Å². The summed E-state index contributed by atoms with van der Waals surface area (Å²) in [6.07, 6.45) is 0. The first kappa shape index (κ1) is 32.0. The first-order chi connectivity index (χ1) is 27.7. The maximum absolute atomic E-state index is 6.48. The van der Waals surface area contributed by atoms with Crippen molar-refractivity contribution in [3.05, 3.63) is 170 Å². The molecule has 4 aromatic heterocycles. The summed E-state index contributed by atoms with van der Waals surface area (Å²) in [5.41, 5.74) is 6.85. The fraction of sp³-hybridized carbons (Fsp3) is 0. The maximum atomic E-state index is 6.48. The minimum atomic E-state index is 0.557. The molecule has 0 spiro atoms. The highest BCUT2D eigenvalue weighted by molar-refractivity contribution is 7.26. The summed E-state index contributed by atoms with van der Waals surface area (Å²) in [4.78, 5) is 30.4. The highest BCUT2D eigenvalue weighted by Crippen LogP contribution is 2.41. The van der Waals surface area contributed by atoms with Gasteiger partial charge in [-0.25, -0.2) is 29.9 Å². The normalized spacial score (nSPS) is 11.6. The fourth-order valence-corrected chi connectivity index (χ4v) is 8.56. The zero-order valence-electron chi connectivity index (χ0n) is 29.7. The van der Waals surface area contributed by atoms with Gasteiger partial charge in [0.05, 0.1) is 0 Å². The number of thiophene rings is 1. The molecule has 0 bridgehead atoms. The maximum Gasteiger partial charge on any atom is 0.165 e. The van der Waals surface area contributed by atoms with E-state index in [0.29, 0.717) is 34.9 Å². The molecule has 0 amide bonds. The summed E-state index contributed by atoms with van der Waals surface area (Å²) < 4.78 is 8.85. The van der Waals surface area contributed by atoms with E-state index < -0.39 is 0 Å².